The molecule has 6 heteroatoms. The third-order valence-corrected chi connectivity index (χ3v) is 4.80. The van der Waals surface area contributed by atoms with Crippen molar-refractivity contribution >= 4 is 11.7 Å². The first-order valence-corrected chi connectivity index (χ1v) is 8.39. The first-order chi connectivity index (χ1) is 11.0. The number of piperidine rings is 1. The van der Waals surface area contributed by atoms with Gasteiger partial charge in [0.05, 0.1) is 0 Å². The largest absolute Gasteiger partial charge is 0.342 e. The van der Waals surface area contributed by atoms with Gasteiger partial charge in [0, 0.05) is 30.9 Å². The molecule has 0 unspecified atom stereocenters. The Hall–Kier alpha value is -1.98. The Morgan fingerprint density at radius 2 is 1.96 bits per heavy atom. The van der Waals surface area contributed by atoms with Crippen molar-refractivity contribution in [2.45, 2.75) is 47.0 Å². The van der Waals surface area contributed by atoms with Crippen LogP contribution in [-0.2, 0) is 11.2 Å². The maximum Gasteiger partial charge on any atom is 0.252 e. The molecule has 0 bridgehead atoms. The Bertz CT molecular complexity index is 713. The van der Waals surface area contributed by atoms with Crippen LogP contribution in [0.3, 0.4) is 0 Å². The van der Waals surface area contributed by atoms with Gasteiger partial charge in [-0.05, 0) is 44.1 Å². The van der Waals surface area contributed by atoms with Gasteiger partial charge in [0.25, 0.3) is 5.78 Å². The SMILES string of the molecule is Cc1nc2ncnn2c(C)c1CCC(=O)N1C[C@@H](C)C[C@H](C)C1. The summed E-state index contributed by atoms with van der Waals surface area (Å²) in [5, 5.41) is 4.20. The number of nitrogens with zero attached hydrogens (tertiary/aromatic N) is 5. The molecule has 1 aliphatic rings. The number of rotatable bonds is 3. The van der Waals surface area contributed by atoms with E-state index in [2.05, 4.69) is 28.9 Å². The van der Waals surface area contributed by atoms with Crippen LogP contribution in [0.25, 0.3) is 5.78 Å². The number of carbonyl (C=O) groups excluding carboxylic acids is 1. The first-order valence-electron chi connectivity index (χ1n) is 8.39. The molecule has 0 aromatic carbocycles. The van der Waals surface area contributed by atoms with E-state index in [4.69, 9.17) is 0 Å². The number of aryl methyl sites for hydroxylation is 2. The fraction of sp³-hybridized carbons (Fsp3) is 0.647. The molecule has 0 aliphatic carbocycles. The molecule has 23 heavy (non-hydrogen) atoms. The van der Waals surface area contributed by atoms with Crippen molar-refractivity contribution < 1.29 is 4.79 Å². The van der Waals surface area contributed by atoms with E-state index in [0.717, 1.165) is 30.0 Å². The van der Waals surface area contributed by atoms with Crippen LogP contribution in [0.15, 0.2) is 6.33 Å². The molecule has 1 saturated heterocycles. The molecule has 1 amide bonds. The van der Waals surface area contributed by atoms with Gasteiger partial charge in [-0.1, -0.05) is 13.8 Å². The number of aromatic nitrogens is 4. The van der Waals surface area contributed by atoms with Crippen LogP contribution >= 0.6 is 0 Å². The maximum atomic E-state index is 12.6. The molecular weight excluding hydrogens is 290 g/mol. The second kappa shape index (κ2) is 6.26. The van der Waals surface area contributed by atoms with Crippen molar-refractivity contribution in [2.24, 2.45) is 11.8 Å². The highest BCUT2D eigenvalue weighted by molar-refractivity contribution is 5.76. The molecule has 2 aromatic rings. The fourth-order valence-electron chi connectivity index (χ4n) is 3.77. The van der Waals surface area contributed by atoms with Crippen molar-refractivity contribution in [3.8, 4) is 0 Å². The summed E-state index contributed by atoms with van der Waals surface area (Å²) < 4.78 is 1.75. The van der Waals surface area contributed by atoms with E-state index in [1.54, 1.807) is 4.52 Å². The lowest BCUT2D eigenvalue weighted by Gasteiger charge is -2.35. The van der Waals surface area contributed by atoms with Gasteiger partial charge < -0.3 is 4.90 Å². The molecule has 0 saturated carbocycles. The highest BCUT2D eigenvalue weighted by Gasteiger charge is 2.25. The van der Waals surface area contributed by atoms with Gasteiger partial charge in [-0.3, -0.25) is 4.79 Å². The predicted molar refractivity (Wildman–Crippen MR) is 88.1 cm³/mol. The predicted octanol–water partition coefficient (Wildman–Crippen LogP) is 2.18. The molecular formula is C17H25N5O. The maximum absolute atomic E-state index is 12.6. The monoisotopic (exact) mass is 315 g/mol. The summed E-state index contributed by atoms with van der Waals surface area (Å²) in [7, 11) is 0. The van der Waals surface area contributed by atoms with Crippen LogP contribution in [0.5, 0.6) is 0 Å². The fourth-order valence-corrected chi connectivity index (χ4v) is 3.77. The van der Waals surface area contributed by atoms with Gasteiger partial charge in [0.2, 0.25) is 5.91 Å². The van der Waals surface area contributed by atoms with E-state index in [0.29, 0.717) is 30.5 Å². The number of likely N-dealkylation sites (tertiary alicyclic amines) is 1. The minimum absolute atomic E-state index is 0.251. The van der Waals surface area contributed by atoms with Crippen molar-refractivity contribution in [1.82, 2.24) is 24.5 Å². The molecule has 6 nitrogen and oxygen atoms in total. The van der Waals surface area contributed by atoms with Gasteiger partial charge in [0.15, 0.2) is 0 Å². The Morgan fingerprint density at radius 3 is 2.65 bits per heavy atom. The average molecular weight is 315 g/mol. The zero-order chi connectivity index (χ0) is 16.6. The molecule has 3 rings (SSSR count). The van der Waals surface area contributed by atoms with Gasteiger partial charge in [-0.15, -0.1) is 0 Å². The van der Waals surface area contributed by atoms with E-state index in [1.165, 1.54) is 12.7 Å². The van der Waals surface area contributed by atoms with E-state index >= 15 is 0 Å². The molecule has 0 spiro atoms. The second-order valence-electron chi connectivity index (χ2n) is 6.98. The van der Waals surface area contributed by atoms with Gasteiger partial charge in [0.1, 0.15) is 6.33 Å². The number of carbonyl (C=O) groups is 1. The third kappa shape index (κ3) is 3.21. The number of fused-ring (bicyclic) bond motifs is 1. The third-order valence-electron chi connectivity index (χ3n) is 4.80. The molecule has 2 aromatic heterocycles. The second-order valence-corrected chi connectivity index (χ2v) is 6.98. The lowest BCUT2D eigenvalue weighted by Crippen LogP contribution is -2.42. The highest BCUT2D eigenvalue weighted by atomic mass is 16.2. The molecule has 1 aliphatic heterocycles. The van der Waals surface area contributed by atoms with Gasteiger partial charge in [-0.25, -0.2) is 9.50 Å². The Balaban J connectivity index is 1.72. The minimum atomic E-state index is 0.251. The van der Waals surface area contributed by atoms with E-state index < -0.39 is 0 Å². The summed E-state index contributed by atoms with van der Waals surface area (Å²) >= 11 is 0. The lowest BCUT2D eigenvalue weighted by molar-refractivity contribution is -0.133. The van der Waals surface area contributed by atoms with Crippen molar-refractivity contribution in [3.05, 3.63) is 23.3 Å². The summed E-state index contributed by atoms with van der Waals surface area (Å²) in [5.74, 6) is 2.06. The Labute approximate surface area is 136 Å². The normalized spacial score (nSPS) is 21.8. The lowest BCUT2D eigenvalue weighted by atomic mass is 9.91. The van der Waals surface area contributed by atoms with Gasteiger partial charge in [-0.2, -0.15) is 10.1 Å². The quantitative estimate of drug-likeness (QED) is 0.871. The van der Waals surface area contributed by atoms with Crippen LogP contribution in [0.4, 0.5) is 0 Å². The van der Waals surface area contributed by atoms with E-state index in [-0.39, 0.29) is 5.91 Å². The summed E-state index contributed by atoms with van der Waals surface area (Å²) in [6.07, 6.45) is 3.97. The Kier molecular flexibility index (Phi) is 4.33. The van der Waals surface area contributed by atoms with E-state index in [1.807, 2.05) is 18.7 Å². The average Bonchev–Trinajstić information content (AvgIpc) is 2.94. The van der Waals surface area contributed by atoms with Crippen LogP contribution in [0, 0.1) is 25.7 Å². The number of amides is 1. The topological polar surface area (TPSA) is 63.4 Å². The molecule has 1 fully saturated rings. The zero-order valence-electron chi connectivity index (χ0n) is 14.4. The standard InChI is InChI=1S/C17H25N5O/c1-11-7-12(2)9-21(8-11)16(23)6-5-15-13(3)20-17-18-10-19-22(17)14(15)4/h10-12H,5-9H2,1-4H3/t11-,12-/m0/s1. The molecule has 2 atom stereocenters. The first kappa shape index (κ1) is 15.9. The Morgan fingerprint density at radius 1 is 1.26 bits per heavy atom. The van der Waals surface area contributed by atoms with Crippen molar-refractivity contribution in [2.75, 3.05) is 13.1 Å². The molecule has 0 N–H and O–H groups in total. The summed E-state index contributed by atoms with van der Waals surface area (Å²) in [6, 6.07) is 0. The minimum Gasteiger partial charge on any atom is -0.342 e. The molecule has 3 heterocycles. The highest BCUT2D eigenvalue weighted by Crippen LogP contribution is 2.22. The van der Waals surface area contributed by atoms with Crippen LogP contribution in [-0.4, -0.2) is 43.5 Å². The summed E-state index contributed by atoms with van der Waals surface area (Å²) in [6.45, 7) is 10.2. The van der Waals surface area contributed by atoms with Crippen LogP contribution in [0.2, 0.25) is 0 Å². The number of hydrogen-bond acceptors (Lipinski definition) is 4. The van der Waals surface area contributed by atoms with Crippen LogP contribution in [0.1, 0.15) is 43.6 Å². The number of hydrogen-bond donors (Lipinski definition) is 0. The molecule has 124 valence electrons. The van der Waals surface area contributed by atoms with E-state index in [9.17, 15) is 4.79 Å². The van der Waals surface area contributed by atoms with Gasteiger partial charge >= 0.3 is 0 Å². The van der Waals surface area contributed by atoms with Crippen molar-refractivity contribution in [3.63, 3.8) is 0 Å². The zero-order valence-corrected chi connectivity index (χ0v) is 14.4. The molecule has 0 radical (unpaired) electrons. The van der Waals surface area contributed by atoms with Crippen molar-refractivity contribution in [1.29, 1.82) is 0 Å². The summed E-state index contributed by atoms with van der Waals surface area (Å²) in [4.78, 5) is 23.2. The van der Waals surface area contributed by atoms with Crippen LogP contribution < -0.4 is 0 Å². The summed E-state index contributed by atoms with van der Waals surface area (Å²) in [5.41, 5.74) is 3.07. The smallest absolute Gasteiger partial charge is 0.252 e.